The van der Waals surface area contributed by atoms with Gasteiger partial charge in [-0.2, -0.15) is 0 Å². The molecule has 0 unspecified atom stereocenters. The Morgan fingerprint density at radius 3 is 2.50 bits per heavy atom. The number of nitrogens with one attached hydrogen (secondary N) is 1. The van der Waals surface area contributed by atoms with E-state index in [0.29, 0.717) is 16.7 Å². The molecule has 0 spiro atoms. The number of imide groups is 1. The van der Waals surface area contributed by atoms with Gasteiger partial charge in [0.15, 0.2) is 16.7 Å². The maximum Gasteiger partial charge on any atom is 0.271 e. The molecule has 9 nitrogen and oxygen atoms in total. The molecule has 1 saturated heterocycles. The van der Waals surface area contributed by atoms with E-state index in [0.717, 1.165) is 37.6 Å². The molecule has 0 saturated carbocycles. The van der Waals surface area contributed by atoms with E-state index in [1.165, 1.54) is 18.2 Å². The molecular weight excluding hydrogens is 454 g/mol. The number of amides is 2. The lowest BCUT2D eigenvalue weighted by atomic mass is 10.1. The summed E-state index contributed by atoms with van der Waals surface area (Å²) >= 11 is 1.24. The predicted octanol–water partition coefficient (Wildman–Crippen LogP) is 2.83. The zero-order chi connectivity index (χ0) is 23.3. The van der Waals surface area contributed by atoms with Gasteiger partial charge in [0, 0.05) is 13.1 Å². The molecule has 34 heavy (non-hydrogen) atoms. The van der Waals surface area contributed by atoms with Crippen LogP contribution in [0.3, 0.4) is 0 Å². The quantitative estimate of drug-likeness (QED) is 0.539. The number of ether oxygens (including phenoxy) is 2. The van der Waals surface area contributed by atoms with Crippen LogP contribution in [-0.2, 0) is 9.59 Å². The van der Waals surface area contributed by atoms with E-state index in [1.807, 2.05) is 41.0 Å². The number of hydrogen-bond acceptors (Lipinski definition) is 8. The van der Waals surface area contributed by atoms with Crippen molar-refractivity contribution in [2.24, 2.45) is 0 Å². The van der Waals surface area contributed by atoms with Crippen LogP contribution in [0.5, 0.6) is 11.5 Å². The molecule has 3 heterocycles. The zero-order valence-electron chi connectivity index (χ0n) is 18.6. The number of anilines is 1. The molecule has 0 radical (unpaired) electrons. The molecule has 0 aliphatic carbocycles. The number of hydrogen-bond donors (Lipinski definition) is 1. The van der Waals surface area contributed by atoms with E-state index < -0.39 is 17.9 Å². The third-order valence-corrected chi connectivity index (χ3v) is 6.59. The Morgan fingerprint density at radius 1 is 0.971 bits per heavy atom. The van der Waals surface area contributed by atoms with Crippen molar-refractivity contribution in [2.75, 3.05) is 30.3 Å². The fourth-order valence-electron chi connectivity index (χ4n) is 3.99. The summed E-state index contributed by atoms with van der Waals surface area (Å²) in [5.74, 6) is 0.894. The SMILES string of the molecule is O=C(CSc1nnc(N2CCCCC2)n1-c1ccccc1)NC(=O)[C@H]1COc2ccccc2O1. The molecule has 10 heteroatoms. The first-order chi connectivity index (χ1) is 16.7. The Morgan fingerprint density at radius 2 is 1.71 bits per heavy atom. The van der Waals surface area contributed by atoms with Crippen LogP contribution >= 0.6 is 11.8 Å². The standard InChI is InChI=1S/C24H25N5O4S/c30-21(25-22(31)20-15-32-18-11-5-6-12-19(18)33-20)16-34-24-27-26-23(28-13-7-2-8-14-28)29(24)17-9-3-1-4-10-17/h1,3-6,9-12,20H,2,7-8,13-16H2,(H,25,30,31)/t20-/m1/s1. The lowest BCUT2D eigenvalue weighted by molar-refractivity contribution is -0.135. The molecule has 2 amide bonds. The van der Waals surface area contributed by atoms with Gasteiger partial charge in [-0.25, -0.2) is 0 Å². The van der Waals surface area contributed by atoms with Crippen LogP contribution in [0.4, 0.5) is 5.95 Å². The van der Waals surface area contributed by atoms with Crippen molar-refractivity contribution in [1.82, 2.24) is 20.1 Å². The van der Waals surface area contributed by atoms with Crippen LogP contribution in [0.25, 0.3) is 5.69 Å². The number of rotatable bonds is 6. The van der Waals surface area contributed by atoms with E-state index in [9.17, 15) is 9.59 Å². The summed E-state index contributed by atoms with van der Waals surface area (Å²) in [5.41, 5.74) is 0.929. The third kappa shape index (κ3) is 4.86. The highest BCUT2D eigenvalue weighted by Gasteiger charge is 2.29. The summed E-state index contributed by atoms with van der Waals surface area (Å²) in [6.07, 6.45) is 2.56. The van der Waals surface area contributed by atoms with Crippen molar-refractivity contribution < 1.29 is 19.1 Å². The number of fused-ring (bicyclic) bond motifs is 1. The molecule has 1 aromatic heterocycles. The maximum absolute atomic E-state index is 12.6. The zero-order valence-corrected chi connectivity index (χ0v) is 19.4. The van der Waals surface area contributed by atoms with Crippen molar-refractivity contribution in [1.29, 1.82) is 0 Å². The van der Waals surface area contributed by atoms with Crippen LogP contribution < -0.4 is 19.7 Å². The normalized spacial score (nSPS) is 17.3. The smallest absolute Gasteiger partial charge is 0.271 e. The molecule has 2 aliphatic heterocycles. The number of benzene rings is 2. The fraction of sp³-hybridized carbons (Fsp3) is 0.333. The van der Waals surface area contributed by atoms with Crippen LogP contribution in [0.15, 0.2) is 59.8 Å². The molecule has 176 valence electrons. The number of carbonyl (C=O) groups excluding carboxylic acids is 2. The lowest BCUT2D eigenvalue weighted by Gasteiger charge is -2.27. The van der Waals surface area contributed by atoms with Gasteiger partial charge < -0.3 is 14.4 Å². The number of piperidine rings is 1. The van der Waals surface area contributed by atoms with Gasteiger partial charge in [-0.3, -0.25) is 19.5 Å². The first kappa shape index (κ1) is 22.3. The van der Waals surface area contributed by atoms with Gasteiger partial charge >= 0.3 is 0 Å². The van der Waals surface area contributed by atoms with Crippen molar-refractivity contribution in [3.63, 3.8) is 0 Å². The van der Waals surface area contributed by atoms with E-state index in [1.54, 1.807) is 18.2 Å². The lowest BCUT2D eigenvalue weighted by Crippen LogP contribution is -2.46. The average Bonchev–Trinajstić information content (AvgIpc) is 3.32. The maximum atomic E-state index is 12.6. The van der Waals surface area contributed by atoms with E-state index >= 15 is 0 Å². The van der Waals surface area contributed by atoms with Gasteiger partial charge in [-0.05, 0) is 43.5 Å². The summed E-state index contributed by atoms with van der Waals surface area (Å²) in [6, 6.07) is 17.0. The second kappa shape index (κ2) is 10.2. The second-order valence-corrected chi connectivity index (χ2v) is 9.01. The van der Waals surface area contributed by atoms with Crippen LogP contribution in [0.1, 0.15) is 19.3 Å². The minimum Gasteiger partial charge on any atom is -0.485 e. The van der Waals surface area contributed by atoms with Gasteiger partial charge in [0.25, 0.3) is 5.91 Å². The average molecular weight is 480 g/mol. The molecule has 0 bridgehead atoms. The molecule has 1 N–H and O–H groups in total. The van der Waals surface area contributed by atoms with Gasteiger partial charge in [0.05, 0.1) is 11.4 Å². The number of nitrogens with zero attached hydrogens (tertiary/aromatic N) is 4. The Balaban J connectivity index is 1.24. The van der Waals surface area contributed by atoms with E-state index in [-0.39, 0.29) is 12.4 Å². The largest absolute Gasteiger partial charge is 0.485 e. The monoisotopic (exact) mass is 479 g/mol. The minimum absolute atomic E-state index is 0.0148. The molecular formula is C24H25N5O4S. The molecule has 5 rings (SSSR count). The summed E-state index contributed by atoms with van der Waals surface area (Å²) in [5, 5.41) is 11.8. The van der Waals surface area contributed by atoms with Crippen molar-refractivity contribution in [3.8, 4) is 17.2 Å². The Kier molecular flexibility index (Phi) is 6.66. The minimum atomic E-state index is -0.887. The van der Waals surface area contributed by atoms with Crippen molar-refractivity contribution >= 4 is 29.5 Å². The highest BCUT2D eigenvalue weighted by atomic mass is 32.2. The Bertz CT molecular complexity index is 1160. The number of para-hydroxylation sites is 3. The fourth-order valence-corrected chi connectivity index (χ4v) is 4.74. The summed E-state index contributed by atoms with van der Waals surface area (Å²) in [4.78, 5) is 27.3. The number of carbonyl (C=O) groups is 2. The van der Waals surface area contributed by atoms with Gasteiger partial charge in [-0.1, -0.05) is 42.1 Å². The van der Waals surface area contributed by atoms with Crippen LogP contribution in [0, 0.1) is 0 Å². The van der Waals surface area contributed by atoms with E-state index in [4.69, 9.17) is 9.47 Å². The highest BCUT2D eigenvalue weighted by molar-refractivity contribution is 7.99. The molecule has 2 aromatic carbocycles. The van der Waals surface area contributed by atoms with Crippen LogP contribution in [0.2, 0.25) is 0 Å². The van der Waals surface area contributed by atoms with Crippen LogP contribution in [-0.4, -0.2) is 58.1 Å². The summed E-state index contributed by atoms with van der Waals surface area (Å²) in [7, 11) is 0. The predicted molar refractivity (Wildman–Crippen MR) is 128 cm³/mol. The van der Waals surface area contributed by atoms with Crippen molar-refractivity contribution in [2.45, 2.75) is 30.5 Å². The number of aromatic nitrogens is 3. The van der Waals surface area contributed by atoms with Crippen molar-refractivity contribution in [3.05, 3.63) is 54.6 Å². The van der Waals surface area contributed by atoms with E-state index in [2.05, 4.69) is 20.4 Å². The second-order valence-electron chi connectivity index (χ2n) is 8.07. The Labute approximate surface area is 201 Å². The molecule has 1 fully saturated rings. The number of thioether (sulfide) groups is 1. The summed E-state index contributed by atoms with van der Waals surface area (Å²) in [6.45, 7) is 1.90. The first-order valence-corrected chi connectivity index (χ1v) is 12.3. The van der Waals surface area contributed by atoms with Gasteiger partial charge in [0.2, 0.25) is 18.0 Å². The van der Waals surface area contributed by atoms with Gasteiger partial charge in [-0.15, -0.1) is 10.2 Å². The third-order valence-electron chi connectivity index (χ3n) is 5.67. The molecule has 3 aromatic rings. The Hall–Kier alpha value is -3.53. The molecule has 1 atom stereocenters. The first-order valence-electron chi connectivity index (χ1n) is 11.3. The topological polar surface area (TPSA) is 98.6 Å². The highest BCUT2D eigenvalue weighted by Crippen LogP contribution is 2.31. The molecule has 2 aliphatic rings. The van der Waals surface area contributed by atoms with Gasteiger partial charge in [0.1, 0.15) is 6.61 Å². The summed E-state index contributed by atoms with van der Waals surface area (Å²) < 4.78 is 13.2.